The van der Waals surface area contributed by atoms with Crippen LogP contribution in [0.3, 0.4) is 0 Å². The molecule has 0 saturated carbocycles. The molecule has 0 spiro atoms. The molecule has 5 heteroatoms. The molecule has 0 heterocycles. The SMILES string of the molecule is ClCCOCN(CCCl)CCCl. The van der Waals surface area contributed by atoms with E-state index in [0.717, 1.165) is 13.1 Å². The fraction of sp³-hybridized carbons (Fsp3) is 1.00. The number of nitrogens with zero attached hydrogens (tertiary/aromatic N) is 1. The second-order valence-electron chi connectivity index (χ2n) is 2.22. The highest BCUT2D eigenvalue weighted by atomic mass is 35.5. The first-order valence-electron chi connectivity index (χ1n) is 3.83. The second kappa shape index (κ2) is 9.87. The van der Waals surface area contributed by atoms with E-state index in [1.807, 2.05) is 4.90 Å². The molecule has 2 nitrogen and oxygen atoms in total. The van der Waals surface area contributed by atoms with E-state index in [1.165, 1.54) is 0 Å². The zero-order valence-corrected chi connectivity index (χ0v) is 9.21. The lowest BCUT2D eigenvalue weighted by Gasteiger charge is -2.19. The summed E-state index contributed by atoms with van der Waals surface area (Å²) in [4.78, 5) is 2.05. The highest BCUT2D eigenvalue weighted by Gasteiger charge is 2.01. The van der Waals surface area contributed by atoms with Gasteiger partial charge in [0.1, 0.15) is 0 Å². The number of ether oxygens (including phenoxy) is 1. The quantitative estimate of drug-likeness (QED) is 0.362. The van der Waals surface area contributed by atoms with Crippen LogP contribution in [0.4, 0.5) is 0 Å². The Morgan fingerprint density at radius 3 is 1.92 bits per heavy atom. The van der Waals surface area contributed by atoms with Crippen LogP contribution in [0.25, 0.3) is 0 Å². The molecule has 0 rings (SSSR count). The normalized spacial score (nSPS) is 11.0. The van der Waals surface area contributed by atoms with Crippen molar-refractivity contribution in [3.63, 3.8) is 0 Å². The summed E-state index contributed by atoms with van der Waals surface area (Å²) in [6, 6.07) is 0. The van der Waals surface area contributed by atoms with E-state index in [4.69, 9.17) is 39.5 Å². The van der Waals surface area contributed by atoms with Gasteiger partial charge in [0, 0.05) is 30.7 Å². The first-order chi connectivity index (χ1) is 5.85. The van der Waals surface area contributed by atoms with Crippen molar-refractivity contribution in [1.82, 2.24) is 4.90 Å². The van der Waals surface area contributed by atoms with E-state index in [0.29, 0.717) is 31.0 Å². The van der Waals surface area contributed by atoms with E-state index >= 15 is 0 Å². The molecule has 0 bridgehead atoms. The Bertz CT molecular complexity index is 88.7. The Balaban J connectivity index is 3.34. The summed E-state index contributed by atoms with van der Waals surface area (Å²) in [5, 5.41) is 0. The summed E-state index contributed by atoms with van der Waals surface area (Å²) in [5.41, 5.74) is 0. The molecule has 0 aliphatic heterocycles. The van der Waals surface area contributed by atoms with Gasteiger partial charge in [-0.3, -0.25) is 4.90 Å². The van der Waals surface area contributed by atoms with Gasteiger partial charge in [-0.15, -0.1) is 34.8 Å². The minimum Gasteiger partial charge on any atom is -0.365 e. The lowest BCUT2D eigenvalue weighted by atomic mass is 10.6. The Kier molecular flexibility index (Phi) is 10.5. The zero-order chi connectivity index (χ0) is 9.23. The van der Waals surface area contributed by atoms with Gasteiger partial charge in [-0.1, -0.05) is 0 Å². The molecule has 0 N–H and O–H groups in total. The molecule has 0 aliphatic carbocycles. The number of halogens is 3. The fourth-order valence-electron chi connectivity index (χ4n) is 0.728. The largest absolute Gasteiger partial charge is 0.365 e. The second-order valence-corrected chi connectivity index (χ2v) is 3.36. The third kappa shape index (κ3) is 7.44. The zero-order valence-electron chi connectivity index (χ0n) is 6.94. The van der Waals surface area contributed by atoms with Gasteiger partial charge in [0.15, 0.2) is 0 Å². The molecule has 0 aromatic rings. The van der Waals surface area contributed by atoms with Crippen molar-refractivity contribution in [1.29, 1.82) is 0 Å². The predicted molar refractivity (Wildman–Crippen MR) is 54.6 cm³/mol. The molecule has 0 aromatic carbocycles. The Morgan fingerprint density at radius 1 is 0.917 bits per heavy atom. The third-order valence-electron chi connectivity index (χ3n) is 1.30. The standard InChI is InChI=1S/C7H14Cl3NO/c8-1-4-11(5-2-9)7-12-6-3-10/h1-7H2. The Labute approximate surface area is 88.7 Å². The average molecular weight is 235 g/mol. The van der Waals surface area contributed by atoms with Gasteiger partial charge in [0.2, 0.25) is 0 Å². The van der Waals surface area contributed by atoms with Crippen LogP contribution in [-0.4, -0.2) is 49.0 Å². The van der Waals surface area contributed by atoms with Gasteiger partial charge in [-0.25, -0.2) is 0 Å². The average Bonchev–Trinajstić information content (AvgIpc) is 2.06. The van der Waals surface area contributed by atoms with Crippen molar-refractivity contribution in [2.24, 2.45) is 0 Å². The highest BCUT2D eigenvalue weighted by Crippen LogP contribution is 1.92. The van der Waals surface area contributed by atoms with E-state index < -0.39 is 0 Å². The Morgan fingerprint density at radius 2 is 1.50 bits per heavy atom. The third-order valence-corrected chi connectivity index (χ3v) is 1.79. The lowest BCUT2D eigenvalue weighted by Crippen LogP contribution is -2.30. The summed E-state index contributed by atoms with van der Waals surface area (Å²) in [5.74, 6) is 1.72. The topological polar surface area (TPSA) is 12.5 Å². The fourth-order valence-corrected chi connectivity index (χ4v) is 1.32. The number of alkyl halides is 3. The van der Waals surface area contributed by atoms with E-state index in [9.17, 15) is 0 Å². The molecule has 12 heavy (non-hydrogen) atoms. The van der Waals surface area contributed by atoms with Gasteiger partial charge < -0.3 is 4.74 Å². The van der Waals surface area contributed by atoms with Crippen molar-refractivity contribution < 1.29 is 4.74 Å². The maximum Gasteiger partial charge on any atom is 0.0991 e. The van der Waals surface area contributed by atoms with Crippen LogP contribution in [0.15, 0.2) is 0 Å². The molecule has 0 fully saturated rings. The summed E-state index contributed by atoms with van der Waals surface area (Å²) >= 11 is 16.6. The van der Waals surface area contributed by atoms with Crippen LogP contribution in [-0.2, 0) is 4.74 Å². The molecule has 0 aliphatic rings. The molecular formula is C7H14Cl3NO. The van der Waals surface area contributed by atoms with Gasteiger partial charge in [0.05, 0.1) is 13.3 Å². The van der Waals surface area contributed by atoms with Crippen LogP contribution >= 0.6 is 34.8 Å². The Hall–Kier alpha value is 0.790. The summed E-state index contributed by atoms with van der Waals surface area (Å²) in [6.45, 7) is 2.74. The monoisotopic (exact) mass is 233 g/mol. The maximum atomic E-state index is 5.58. The number of hydrogen-bond acceptors (Lipinski definition) is 2. The molecule has 0 amide bonds. The number of hydrogen-bond donors (Lipinski definition) is 0. The maximum absolute atomic E-state index is 5.58. The highest BCUT2D eigenvalue weighted by molar-refractivity contribution is 6.18. The first kappa shape index (κ1) is 12.8. The molecular weight excluding hydrogens is 220 g/mol. The number of rotatable bonds is 8. The molecule has 0 aromatic heterocycles. The van der Waals surface area contributed by atoms with E-state index in [2.05, 4.69) is 0 Å². The summed E-state index contributed by atoms with van der Waals surface area (Å²) in [7, 11) is 0. The molecule has 0 atom stereocenters. The predicted octanol–water partition coefficient (Wildman–Crippen LogP) is 1.98. The van der Waals surface area contributed by atoms with Crippen molar-refractivity contribution in [3.05, 3.63) is 0 Å². The van der Waals surface area contributed by atoms with Crippen molar-refractivity contribution >= 4 is 34.8 Å². The molecule has 0 unspecified atom stereocenters. The van der Waals surface area contributed by atoms with Gasteiger partial charge in [-0.2, -0.15) is 0 Å². The van der Waals surface area contributed by atoms with Crippen molar-refractivity contribution in [2.45, 2.75) is 0 Å². The molecule has 0 radical (unpaired) electrons. The van der Waals surface area contributed by atoms with Crippen molar-refractivity contribution in [3.8, 4) is 0 Å². The summed E-state index contributed by atoms with van der Waals surface area (Å²) in [6.07, 6.45) is 0. The van der Waals surface area contributed by atoms with Crippen LogP contribution in [0.2, 0.25) is 0 Å². The van der Waals surface area contributed by atoms with Crippen LogP contribution in [0.1, 0.15) is 0 Å². The molecule has 74 valence electrons. The lowest BCUT2D eigenvalue weighted by molar-refractivity contribution is 0.0436. The summed E-state index contributed by atoms with van der Waals surface area (Å²) < 4.78 is 5.23. The smallest absolute Gasteiger partial charge is 0.0991 e. The van der Waals surface area contributed by atoms with Crippen LogP contribution in [0, 0.1) is 0 Å². The van der Waals surface area contributed by atoms with E-state index in [1.54, 1.807) is 0 Å². The minimum absolute atomic E-state index is 0.523. The van der Waals surface area contributed by atoms with Gasteiger partial charge >= 0.3 is 0 Å². The minimum atomic E-state index is 0.523. The van der Waals surface area contributed by atoms with Crippen LogP contribution in [0.5, 0.6) is 0 Å². The first-order valence-corrected chi connectivity index (χ1v) is 5.43. The molecule has 0 saturated heterocycles. The van der Waals surface area contributed by atoms with E-state index in [-0.39, 0.29) is 0 Å². The van der Waals surface area contributed by atoms with Gasteiger partial charge in [-0.05, 0) is 0 Å². The van der Waals surface area contributed by atoms with Crippen LogP contribution < -0.4 is 0 Å². The van der Waals surface area contributed by atoms with Crippen molar-refractivity contribution in [2.75, 3.05) is 44.1 Å². The van der Waals surface area contributed by atoms with Gasteiger partial charge in [0.25, 0.3) is 0 Å².